The van der Waals surface area contributed by atoms with E-state index in [1.54, 1.807) is 18.0 Å². The lowest BCUT2D eigenvalue weighted by Gasteiger charge is -2.26. The van der Waals surface area contributed by atoms with E-state index in [-0.39, 0.29) is 11.9 Å². The van der Waals surface area contributed by atoms with E-state index < -0.39 is 0 Å². The van der Waals surface area contributed by atoms with Gasteiger partial charge in [-0.1, -0.05) is 23.9 Å². The summed E-state index contributed by atoms with van der Waals surface area (Å²) in [5.41, 5.74) is 1.79. The van der Waals surface area contributed by atoms with Gasteiger partial charge in [-0.05, 0) is 55.8 Å². The highest BCUT2D eigenvalue weighted by molar-refractivity contribution is 7.98. The molecule has 1 fully saturated rings. The fourth-order valence-corrected chi connectivity index (χ4v) is 4.14. The van der Waals surface area contributed by atoms with Crippen molar-refractivity contribution in [3.8, 4) is 0 Å². The van der Waals surface area contributed by atoms with Gasteiger partial charge in [0.05, 0.1) is 12.3 Å². The maximum atomic E-state index is 12.6. The molecule has 1 saturated heterocycles. The predicted molar refractivity (Wildman–Crippen MR) is 107 cm³/mol. The first-order valence-electron chi connectivity index (χ1n) is 9.42. The average molecular weight is 398 g/mol. The fraction of sp³-hybridized carbons (Fsp3) is 0.350. The van der Waals surface area contributed by atoms with E-state index in [2.05, 4.69) is 25.4 Å². The van der Waals surface area contributed by atoms with Crippen molar-refractivity contribution >= 4 is 17.7 Å². The van der Waals surface area contributed by atoms with Crippen molar-refractivity contribution in [2.75, 3.05) is 19.6 Å². The summed E-state index contributed by atoms with van der Waals surface area (Å²) in [6.45, 7) is 2.62. The van der Waals surface area contributed by atoms with Crippen LogP contribution in [-0.2, 0) is 5.75 Å². The van der Waals surface area contributed by atoms with E-state index in [0.717, 1.165) is 35.3 Å². The maximum Gasteiger partial charge on any atom is 0.251 e. The number of likely N-dealkylation sites (tertiary alicyclic amines) is 1. The molecular weight excluding hydrogens is 374 g/mol. The molecule has 4 rings (SSSR count). The molecule has 2 N–H and O–H groups in total. The Labute approximate surface area is 167 Å². The zero-order chi connectivity index (χ0) is 19.2. The molecule has 1 atom stereocenters. The maximum absolute atomic E-state index is 12.6. The number of furan rings is 1. The number of nitrogens with zero attached hydrogens (tertiary/aromatic N) is 3. The summed E-state index contributed by atoms with van der Waals surface area (Å²) in [6.07, 6.45) is 5.57. The van der Waals surface area contributed by atoms with Crippen LogP contribution in [0.4, 0.5) is 0 Å². The Hall–Kier alpha value is -2.58. The zero-order valence-corrected chi connectivity index (χ0v) is 16.3. The summed E-state index contributed by atoms with van der Waals surface area (Å²) in [5, 5.41) is 10.5. The zero-order valence-electron chi connectivity index (χ0n) is 15.5. The lowest BCUT2D eigenvalue weighted by Crippen LogP contribution is -2.36. The van der Waals surface area contributed by atoms with Crippen molar-refractivity contribution in [2.24, 2.45) is 0 Å². The number of hydrogen-bond donors (Lipinski definition) is 2. The molecule has 3 aromatic rings. The summed E-state index contributed by atoms with van der Waals surface area (Å²) in [4.78, 5) is 19.1. The van der Waals surface area contributed by atoms with Crippen molar-refractivity contribution in [3.63, 3.8) is 0 Å². The minimum absolute atomic E-state index is 0.0646. The number of H-pyrrole nitrogens is 1. The molecule has 1 aliphatic rings. The standard InChI is InChI=1S/C20H23N5O2S/c26-19(16-7-5-15(6-8-16)13-28-20-22-14-23-24-20)21-12-17(18-4-3-11-27-18)25-9-1-2-10-25/h3-8,11,14,17H,1-2,9-10,12-13H2,(H,21,26)(H,22,23,24)/t17-/m0/s1. The van der Waals surface area contributed by atoms with Gasteiger partial charge in [-0.15, -0.1) is 0 Å². The summed E-state index contributed by atoms with van der Waals surface area (Å²) < 4.78 is 5.61. The van der Waals surface area contributed by atoms with Gasteiger partial charge in [-0.3, -0.25) is 14.8 Å². The monoisotopic (exact) mass is 397 g/mol. The van der Waals surface area contributed by atoms with Crippen molar-refractivity contribution < 1.29 is 9.21 Å². The molecule has 0 aliphatic carbocycles. The molecule has 0 radical (unpaired) electrons. The van der Waals surface area contributed by atoms with Crippen molar-refractivity contribution in [2.45, 2.75) is 29.8 Å². The summed E-state index contributed by atoms with van der Waals surface area (Å²) in [7, 11) is 0. The minimum atomic E-state index is -0.0646. The van der Waals surface area contributed by atoms with Gasteiger partial charge in [0.1, 0.15) is 12.1 Å². The van der Waals surface area contributed by atoms with E-state index in [1.165, 1.54) is 19.2 Å². The molecule has 0 spiro atoms. The Morgan fingerprint density at radius 2 is 2.07 bits per heavy atom. The number of thioether (sulfide) groups is 1. The summed E-state index contributed by atoms with van der Waals surface area (Å²) in [5.74, 6) is 1.61. The van der Waals surface area contributed by atoms with Crippen LogP contribution < -0.4 is 5.32 Å². The van der Waals surface area contributed by atoms with Gasteiger partial charge >= 0.3 is 0 Å². The van der Waals surface area contributed by atoms with Crippen LogP contribution in [0.1, 0.15) is 40.6 Å². The van der Waals surface area contributed by atoms with Gasteiger partial charge < -0.3 is 9.73 Å². The number of aromatic amines is 1. The molecule has 3 heterocycles. The third-order valence-corrected chi connectivity index (χ3v) is 5.84. The lowest BCUT2D eigenvalue weighted by molar-refractivity contribution is 0.0934. The van der Waals surface area contributed by atoms with E-state index in [9.17, 15) is 4.79 Å². The first-order valence-corrected chi connectivity index (χ1v) is 10.4. The quantitative estimate of drug-likeness (QED) is 0.568. The Bertz CT molecular complexity index is 859. The number of carbonyl (C=O) groups is 1. The summed E-state index contributed by atoms with van der Waals surface area (Å²) in [6, 6.07) is 11.6. The van der Waals surface area contributed by atoms with Gasteiger partial charge in [0.25, 0.3) is 5.91 Å². The largest absolute Gasteiger partial charge is 0.468 e. The van der Waals surface area contributed by atoms with Crippen LogP contribution in [0.3, 0.4) is 0 Å². The smallest absolute Gasteiger partial charge is 0.251 e. The third kappa shape index (κ3) is 4.63. The van der Waals surface area contributed by atoms with Crippen molar-refractivity contribution in [1.29, 1.82) is 0 Å². The number of hydrogen-bond acceptors (Lipinski definition) is 6. The van der Waals surface area contributed by atoms with Crippen LogP contribution >= 0.6 is 11.8 Å². The molecule has 2 aromatic heterocycles. The Morgan fingerprint density at radius 1 is 1.25 bits per heavy atom. The number of rotatable bonds is 8. The second-order valence-electron chi connectivity index (χ2n) is 6.76. The number of carbonyl (C=O) groups excluding carboxylic acids is 1. The molecule has 0 saturated carbocycles. The van der Waals surface area contributed by atoms with E-state index in [4.69, 9.17) is 4.42 Å². The molecule has 146 valence electrons. The van der Waals surface area contributed by atoms with Gasteiger partial charge in [-0.2, -0.15) is 5.10 Å². The SMILES string of the molecule is O=C(NC[C@@H](c1ccco1)N1CCCC1)c1ccc(CSc2ncn[nH]2)cc1. The Kier molecular flexibility index (Phi) is 6.08. The van der Waals surface area contributed by atoms with E-state index in [1.807, 2.05) is 36.4 Å². The molecule has 28 heavy (non-hydrogen) atoms. The first-order chi connectivity index (χ1) is 13.8. The molecular formula is C20H23N5O2S. The fourth-order valence-electron chi connectivity index (χ4n) is 3.40. The number of amides is 1. The van der Waals surface area contributed by atoms with Crippen LogP contribution in [0.25, 0.3) is 0 Å². The van der Waals surface area contributed by atoms with Crippen molar-refractivity contribution in [1.82, 2.24) is 25.4 Å². The first kappa shape index (κ1) is 18.8. The van der Waals surface area contributed by atoms with Crippen LogP contribution in [-0.4, -0.2) is 45.6 Å². The topological polar surface area (TPSA) is 87.1 Å². The van der Waals surface area contributed by atoms with Gasteiger partial charge in [0.15, 0.2) is 5.16 Å². The van der Waals surface area contributed by atoms with Gasteiger partial charge in [0.2, 0.25) is 0 Å². The lowest BCUT2D eigenvalue weighted by atomic mass is 10.1. The highest BCUT2D eigenvalue weighted by Crippen LogP contribution is 2.25. The highest BCUT2D eigenvalue weighted by atomic mass is 32.2. The Balaban J connectivity index is 1.33. The molecule has 8 heteroatoms. The number of aromatic nitrogens is 3. The van der Waals surface area contributed by atoms with Crippen molar-refractivity contribution in [3.05, 3.63) is 65.9 Å². The predicted octanol–water partition coefficient (Wildman–Crippen LogP) is 3.26. The average Bonchev–Trinajstić information content (AvgIpc) is 3.51. The molecule has 0 bridgehead atoms. The van der Waals surface area contributed by atoms with Crippen LogP contribution in [0.15, 0.2) is 58.6 Å². The number of nitrogens with one attached hydrogen (secondary N) is 2. The Morgan fingerprint density at radius 3 is 2.75 bits per heavy atom. The van der Waals surface area contributed by atoms with Crippen LogP contribution in [0.2, 0.25) is 0 Å². The minimum Gasteiger partial charge on any atom is -0.468 e. The molecule has 0 unspecified atom stereocenters. The van der Waals surface area contributed by atoms with Gasteiger partial charge in [-0.25, -0.2) is 4.98 Å². The molecule has 1 aromatic carbocycles. The second-order valence-corrected chi connectivity index (χ2v) is 7.72. The molecule has 1 aliphatic heterocycles. The van der Waals surface area contributed by atoms with Crippen LogP contribution in [0, 0.1) is 0 Å². The normalized spacial score (nSPS) is 15.6. The second kappa shape index (κ2) is 9.07. The summed E-state index contributed by atoms with van der Waals surface area (Å²) >= 11 is 1.58. The third-order valence-electron chi connectivity index (χ3n) is 4.89. The van der Waals surface area contributed by atoms with E-state index >= 15 is 0 Å². The molecule has 1 amide bonds. The van der Waals surface area contributed by atoms with Gasteiger partial charge in [0, 0.05) is 17.9 Å². The van der Waals surface area contributed by atoms with E-state index in [0.29, 0.717) is 12.1 Å². The highest BCUT2D eigenvalue weighted by Gasteiger charge is 2.26. The number of benzene rings is 1. The molecule has 7 nitrogen and oxygen atoms in total. The van der Waals surface area contributed by atoms with Crippen LogP contribution in [0.5, 0.6) is 0 Å².